The van der Waals surface area contributed by atoms with Crippen molar-refractivity contribution in [2.24, 2.45) is 11.0 Å². The van der Waals surface area contributed by atoms with Crippen LogP contribution in [0.25, 0.3) is 0 Å². The summed E-state index contributed by atoms with van der Waals surface area (Å²) < 4.78 is 5.04. The van der Waals surface area contributed by atoms with E-state index in [2.05, 4.69) is 10.5 Å². The van der Waals surface area contributed by atoms with Crippen LogP contribution in [0.5, 0.6) is 0 Å². The van der Waals surface area contributed by atoms with Gasteiger partial charge >= 0.3 is 5.97 Å². The van der Waals surface area contributed by atoms with Gasteiger partial charge in [0.25, 0.3) is 5.91 Å². The summed E-state index contributed by atoms with van der Waals surface area (Å²) in [5.41, 5.74) is 3.56. The molecular formula is C16H22N2O3. The van der Waals surface area contributed by atoms with E-state index in [0.29, 0.717) is 24.3 Å². The predicted molar refractivity (Wildman–Crippen MR) is 82.0 cm³/mol. The molecule has 0 fully saturated rings. The average Bonchev–Trinajstić information content (AvgIpc) is 2.51. The molecule has 0 unspecified atom stereocenters. The molecule has 0 bridgehead atoms. The molecule has 5 heteroatoms. The van der Waals surface area contributed by atoms with Crippen LogP contribution in [0, 0.1) is 5.92 Å². The van der Waals surface area contributed by atoms with Crippen LogP contribution in [-0.4, -0.2) is 24.2 Å². The summed E-state index contributed by atoms with van der Waals surface area (Å²) in [7, 11) is 0. The van der Waals surface area contributed by atoms with Crippen molar-refractivity contribution in [3.8, 4) is 0 Å². The molecule has 1 atom stereocenters. The lowest BCUT2D eigenvalue weighted by molar-refractivity contribution is -0.145. The Hall–Kier alpha value is -2.17. The quantitative estimate of drug-likeness (QED) is 0.477. The summed E-state index contributed by atoms with van der Waals surface area (Å²) >= 11 is 0. The number of benzene rings is 1. The Labute approximate surface area is 125 Å². The predicted octanol–water partition coefficient (Wildman–Crippen LogP) is 2.77. The van der Waals surface area contributed by atoms with Crippen molar-refractivity contribution >= 4 is 17.6 Å². The van der Waals surface area contributed by atoms with E-state index >= 15 is 0 Å². The van der Waals surface area contributed by atoms with Gasteiger partial charge in [-0.3, -0.25) is 9.59 Å². The number of carbonyl (C=O) groups is 2. The topological polar surface area (TPSA) is 67.8 Å². The van der Waals surface area contributed by atoms with Crippen LogP contribution in [0.2, 0.25) is 0 Å². The summed E-state index contributed by atoms with van der Waals surface area (Å²) in [5, 5.41) is 4.04. The van der Waals surface area contributed by atoms with E-state index < -0.39 is 5.92 Å². The van der Waals surface area contributed by atoms with Gasteiger partial charge in [-0.15, -0.1) is 0 Å². The number of amides is 1. The van der Waals surface area contributed by atoms with Gasteiger partial charge in [0.15, 0.2) is 0 Å². The standard InChI is InChI=1S/C16H22N2O3/c1-4-9-14(16(20)21-5-2)12(3)17-18-15(19)13-10-7-6-8-11-13/h6-8,10-11,14H,4-5,9H2,1-3H3,(H,18,19)/b17-12-/t14-/m0/s1. The van der Waals surface area contributed by atoms with E-state index in [0.717, 1.165) is 6.42 Å². The smallest absolute Gasteiger partial charge is 0.314 e. The van der Waals surface area contributed by atoms with Gasteiger partial charge in [0.2, 0.25) is 0 Å². The van der Waals surface area contributed by atoms with Gasteiger partial charge in [0.05, 0.1) is 12.5 Å². The highest BCUT2D eigenvalue weighted by Gasteiger charge is 2.22. The average molecular weight is 290 g/mol. The number of hydrogen-bond acceptors (Lipinski definition) is 4. The second kappa shape index (κ2) is 8.89. The molecule has 1 amide bonds. The van der Waals surface area contributed by atoms with Crippen LogP contribution in [-0.2, 0) is 9.53 Å². The van der Waals surface area contributed by atoms with Crippen molar-refractivity contribution in [3.63, 3.8) is 0 Å². The number of ether oxygens (including phenoxy) is 1. The maximum absolute atomic E-state index is 11.9. The van der Waals surface area contributed by atoms with Crippen LogP contribution in [0.4, 0.5) is 0 Å². The Kier molecular flexibility index (Phi) is 7.15. The minimum atomic E-state index is -0.411. The lowest BCUT2D eigenvalue weighted by Gasteiger charge is -2.14. The van der Waals surface area contributed by atoms with Gasteiger partial charge in [-0.1, -0.05) is 31.5 Å². The van der Waals surface area contributed by atoms with Gasteiger partial charge in [-0.25, -0.2) is 5.43 Å². The third-order valence-corrected chi connectivity index (χ3v) is 3.02. The molecule has 0 heterocycles. The lowest BCUT2D eigenvalue weighted by Crippen LogP contribution is -2.27. The number of nitrogens with zero attached hydrogens (tertiary/aromatic N) is 1. The first kappa shape index (κ1) is 16.9. The summed E-state index contributed by atoms with van der Waals surface area (Å²) in [4.78, 5) is 23.8. The molecule has 0 aliphatic carbocycles. The Bertz CT molecular complexity index is 498. The summed E-state index contributed by atoms with van der Waals surface area (Å²) in [5.74, 6) is -1.00. The van der Waals surface area contributed by atoms with Crippen molar-refractivity contribution in [3.05, 3.63) is 35.9 Å². The summed E-state index contributed by atoms with van der Waals surface area (Å²) in [6.07, 6.45) is 1.48. The fraction of sp³-hybridized carbons (Fsp3) is 0.438. The molecule has 1 aromatic rings. The second-order valence-corrected chi connectivity index (χ2v) is 4.65. The van der Waals surface area contributed by atoms with E-state index in [-0.39, 0.29) is 11.9 Å². The van der Waals surface area contributed by atoms with Crippen molar-refractivity contribution < 1.29 is 14.3 Å². The van der Waals surface area contributed by atoms with Crippen LogP contribution < -0.4 is 5.43 Å². The normalized spacial score (nSPS) is 12.6. The zero-order chi connectivity index (χ0) is 15.7. The van der Waals surface area contributed by atoms with Crippen LogP contribution in [0.3, 0.4) is 0 Å². The Balaban J connectivity index is 2.72. The molecule has 0 aliphatic heterocycles. The minimum absolute atomic E-state index is 0.297. The highest BCUT2D eigenvalue weighted by molar-refractivity contribution is 6.02. The Morgan fingerprint density at radius 3 is 2.48 bits per heavy atom. The van der Waals surface area contributed by atoms with E-state index in [9.17, 15) is 9.59 Å². The van der Waals surface area contributed by atoms with Crippen molar-refractivity contribution in [1.82, 2.24) is 5.43 Å². The molecule has 0 saturated heterocycles. The Morgan fingerprint density at radius 1 is 1.24 bits per heavy atom. The van der Waals surface area contributed by atoms with E-state index in [4.69, 9.17) is 4.74 Å². The van der Waals surface area contributed by atoms with E-state index in [1.54, 1.807) is 38.1 Å². The first-order chi connectivity index (χ1) is 10.1. The van der Waals surface area contributed by atoms with Gasteiger partial charge in [0, 0.05) is 11.3 Å². The van der Waals surface area contributed by atoms with Crippen LogP contribution >= 0.6 is 0 Å². The molecule has 5 nitrogen and oxygen atoms in total. The number of nitrogens with one attached hydrogen (secondary N) is 1. The number of carbonyl (C=O) groups excluding carboxylic acids is 2. The van der Waals surface area contributed by atoms with Crippen molar-refractivity contribution in [2.45, 2.75) is 33.6 Å². The first-order valence-electron chi connectivity index (χ1n) is 7.16. The zero-order valence-electron chi connectivity index (χ0n) is 12.8. The molecule has 114 valence electrons. The van der Waals surface area contributed by atoms with Crippen LogP contribution in [0.1, 0.15) is 44.0 Å². The van der Waals surface area contributed by atoms with Gasteiger partial charge in [-0.05, 0) is 32.4 Å². The molecule has 1 aromatic carbocycles. The number of hydrazone groups is 1. The summed E-state index contributed by atoms with van der Waals surface area (Å²) in [6, 6.07) is 8.81. The largest absolute Gasteiger partial charge is 0.465 e. The Morgan fingerprint density at radius 2 is 1.90 bits per heavy atom. The maximum Gasteiger partial charge on any atom is 0.314 e. The van der Waals surface area contributed by atoms with Gasteiger partial charge < -0.3 is 4.74 Å². The molecule has 0 radical (unpaired) electrons. The second-order valence-electron chi connectivity index (χ2n) is 4.65. The third-order valence-electron chi connectivity index (χ3n) is 3.02. The fourth-order valence-electron chi connectivity index (χ4n) is 1.90. The number of rotatable bonds is 7. The molecular weight excluding hydrogens is 268 g/mol. The number of hydrogen-bond donors (Lipinski definition) is 1. The highest BCUT2D eigenvalue weighted by atomic mass is 16.5. The molecule has 0 saturated carbocycles. The van der Waals surface area contributed by atoms with Crippen LogP contribution in [0.15, 0.2) is 35.4 Å². The molecule has 1 N–H and O–H groups in total. The molecule has 0 spiro atoms. The van der Waals surface area contributed by atoms with E-state index in [1.807, 2.05) is 13.0 Å². The minimum Gasteiger partial charge on any atom is -0.465 e. The lowest BCUT2D eigenvalue weighted by atomic mass is 9.99. The highest BCUT2D eigenvalue weighted by Crippen LogP contribution is 2.11. The molecule has 0 aromatic heterocycles. The first-order valence-corrected chi connectivity index (χ1v) is 7.16. The SMILES string of the molecule is CCC[C@H](C(=O)OCC)/C(C)=N\NC(=O)c1ccccc1. The molecule has 1 rings (SSSR count). The monoisotopic (exact) mass is 290 g/mol. The van der Waals surface area contributed by atoms with Gasteiger partial charge in [-0.2, -0.15) is 5.10 Å². The van der Waals surface area contributed by atoms with E-state index in [1.165, 1.54) is 0 Å². The third kappa shape index (κ3) is 5.38. The molecule has 0 aliphatic rings. The zero-order valence-corrected chi connectivity index (χ0v) is 12.8. The summed E-state index contributed by atoms with van der Waals surface area (Å²) in [6.45, 7) is 5.82. The molecule has 21 heavy (non-hydrogen) atoms. The maximum atomic E-state index is 11.9. The van der Waals surface area contributed by atoms with Gasteiger partial charge in [0.1, 0.15) is 0 Å². The van der Waals surface area contributed by atoms with Crippen molar-refractivity contribution in [2.75, 3.05) is 6.61 Å². The fourth-order valence-corrected chi connectivity index (χ4v) is 1.90. The van der Waals surface area contributed by atoms with Crippen molar-refractivity contribution in [1.29, 1.82) is 0 Å². The number of esters is 1.